The minimum atomic E-state index is -0.641. The molecule has 25 heavy (non-hydrogen) atoms. The summed E-state index contributed by atoms with van der Waals surface area (Å²) < 4.78 is 5.16. The number of benzene rings is 1. The van der Waals surface area contributed by atoms with E-state index in [1.807, 2.05) is 30.9 Å². The molecule has 0 atom stereocenters. The van der Waals surface area contributed by atoms with Gasteiger partial charge < -0.3 is 14.2 Å². The van der Waals surface area contributed by atoms with E-state index < -0.39 is 5.41 Å². The van der Waals surface area contributed by atoms with Crippen LogP contribution in [0.4, 0.5) is 0 Å². The number of halogens is 1. The van der Waals surface area contributed by atoms with Gasteiger partial charge in [0.1, 0.15) is 0 Å². The van der Waals surface area contributed by atoms with Crippen molar-refractivity contribution >= 4 is 23.4 Å². The molecule has 1 aromatic heterocycles. The lowest BCUT2D eigenvalue weighted by molar-refractivity contribution is -0.137. The monoisotopic (exact) mass is 360 g/mol. The van der Waals surface area contributed by atoms with Crippen LogP contribution in [-0.2, 0) is 10.2 Å². The number of piperazine rings is 1. The zero-order chi connectivity index (χ0) is 18.0. The summed E-state index contributed by atoms with van der Waals surface area (Å²) in [5, 5.41) is 0.650. The van der Waals surface area contributed by atoms with Crippen LogP contribution in [0.2, 0.25) is 5.02 Å². The van der Waals surface area contributed by atoms with Gasteiger partial charge in [-0.05, 0) is 43.7 Å². The van der Waals surface area contributed by atoms with Gasteiger partial charge >= 0.3 is 0 Å². The van der Waals surface area contributed by atoms with Crippen LogP contribution in [0.1, 0.15) is 30.0 Å². The summed E-state index contributed by atoms with van der Waals surface area (Å²) in [5.74, 6) is 0.259. The van der Waals surface area contributed by atoms with E-state index in [2.05, 4.69) is 0 Å². The van der Waals surface area contributed by atoms with Crippen LogP contribution in [0.3, 0.4) is 0 Å². The normalized spacial score (nSPS) is 15.3. The van der Waals surface area contributed by atoms with Crippen LogP contribution >= 0.6 is 11.6 Å². The lowest BCUT2D eigenvalue weighted by atomic mass is 9.83. The summed E-state index contributed by atoms with van der Waals surface area (Å²) in [6, 6.07) is 10.7. The molecule has 2 aromatic rings. The van der Waals surface area contributed by atoms with Gasteiger partial charge in [0.2, 0.25) is 5.91 Å². The van der Waals surface area contributed by atoms with Crippen molar-refractivity contribution in [3.8, 4) is 0 Å². The molecule has 0 aliphatic carbocycles. The van der Waals surface area contributed by atoms with Crippen LogP contribution < -0.4 is 0 Å². The fourth-order valence-electron chi connectivity index (χ4n) is 3.05. The summed E-state index contributed by atoms with van der Waals surface area (Å²) in [7, 11) is 0. The predicted molar refractivity (Wildman–Crippen MR) is 95.7 cm³/mol. The third-order valence-electron chi connectivity index (χ3n) is 4.69. The molecule has 0 radical (unpaired) electrons. The molecule has 0 saturated carbocycles. The van der Waals surface area contributed by atoms with Crippen molar-refractivity contribution < 1.29 is 14.0 Å². The Hall–Kier alpha value is -2.27. The van der Waals surface area contributed by atoms with Crippen LogP contribution in [-0.4, -0.2) is 47.8 Å². The summed E-state index contributed by atoms with van der Waals surface area (Å²) in [4.78, 5) is 28.8. The van der Waals surface area contributed by atoms with Gasteiger partial charge in [-0.2, -0.15) is 0 Å². The van der Waals surface area contributed by atoms with Gasteiger partial charge in [-0.25, -0.2) is 0 Å². The molecule has 0 unspecified atom stereocenters. The molecular weight excluding hydrogens is 340 g/mol. The van der Waals surface area contributed by atoms with Crippen LogP contribution in [0, 0.1) is 0 Å². The minimum Gasteiger partial charge on any atom is -0.459 e. The van der Waals surface area contributed by atoms with Gasteiger partial charge in [-0.3, -0.25) is 9.59 Å². The van der Waals surface area contributed by atoms with Crippen LogP contribution in [0.25, 0.3) is 0 Å². The predicted octanol–water partition coefficient (Wildman–Crippen LogP) is 3.20. The number of rotatable bonds is 3. The molecule has 1 aliphatic heterocycles. The first kappa shape index (κ1) is 17.5. The van der Waals surface area contributed by atoms with Crippen molar-refractivity contribution in [3.63, 3.8) is 0 Å². The van der Waals surface area contributed by atoms with Gasteiger partial charge in [0, 0.05) is 31.2 Å². The molecule has 1 aliphatic rings. The van der Waals surface area contributed by atoms with Crippen molar-refractivity contribution in [2.75, 3.05) is 26.2 Å². The lowest BCUT2D eigenvalue weighted by Crippen LogP contribution is -2.54. The second kappa shape index (κ2) is 6.92. The number of hydrogen-bond donors (Lipinski definition) is 0. The molecule has 2 heterocycles. The van der Waals surface area contributed by atoms with Crippen molar-refractivity contribution in [1.82, 2.24) is 9.80 Å². The number of carbonyl (C=O) groups is 2. The van der Waals surface area contributed by atoms with Crippen LogP contribution in [0.15, 0.2) is 47.1 Å². The Labute approximate surface area is 152 Å². The highest BCUT2D eigenvalue weighted by Crippen LogP contribution is 2.27. The van der Waals surface area contributed by atoms with Crippen molar-refractivity contribution in [2.24, 2.45) is 0 Å². The topological polar surface area (TPSA) is 53.8 Å². The zero-order valence-corrected chi connectivity index (χ0v) is 15.1. The molecule has 6 heteroatoms. The van der Waals surface area contributed by atoms with Crippen molar-refractivity contribution in [1.29, 1.82) is 0 Å². The SMILES string of the molecule is CC(C)(C(=O)N1CCN(C(=O)c2ccco2)CC1)c1ccc(Cl)cc1. The van der Waals surface area contributed by atoms with Crippen LogP contribution in [0.5, 0.6) is 0 Å². The second-order valence-corrected chi connectivity index (χ2v) is 7.13. The summed E-state index contributed by atoms with van der Waals surface area (Å²) in [6.45, 7) is 5.87. The maximum atomic E-state index is 13.0. The number of nitrogens with zero attached hydrogens (tertiary/aromatic N) is 2. The van der Waals surface area contributed by atoms with Gasteiger partial charge in [0.05, 0.1) is 11.7 Å². The summed E-state index contributed by atoms with van der Waals surface area (Å²) in [6.07, 6.45) is 1.49. The molecule has 132 valence electrons. The number of carbonyl (C=O) groups excluding carboxylic acids is 2. The van der Waals surface area contributed by atoms with Gasteiger partial charge in [0.15, 0.2) is 5.76 Å². The molecule has 1 aromatic carbocycles. The average molecular weight is 361 g/mol. The van der Waals surface area contributed by atoms with Gasteiger partial charge in [-0.15, -0.1) is 0 Å². The van der Waals surface area contributed by atoms with Crippen molar-refractivity contribution in [2.45, 2.75) is 19.3 Å². The Balaban J connectivity index is 1.65. The Morgan fingerprint density at radius 3 is 2.16 bits per heavy atom. The molecule has 0 spiro atoms. The molecule has 0 N–H and O–H groups in total. The standard InChI is InChI=1S/C19H21ClN2O3/c1-19(2,14-5-7-15(20)8-6-14)18(24)22-11-9-21(10-12-22)17(23)16-4-3-13-25-16/h3-8,13H,9-12H2,1-2H3. The fraction of sp³-hybridized carbons (Fsp3) is 0.368. The smallest absolute Gasteiger partial charge is 0.289 e. The minimum absolute atomic E-state index is 0.0555. The number of hydrogen-bond acceptors (Lipinski definition) is 3. The van der Waals surface area contributed by atoms with E-state index in [4.69, 9.17) is 16.0 Å². The van der Waals surface area contributed by atoms with Crippen molar-refractivity contribution in [3.05, 3.63) is 59.0 Å². The highest BCUT2D eigenvalue weighted by molar-refractivity contribution is 6.30. The van der Waals surface area contributed by atoms with E-state index in [-0.39, 0.29) is 11.8 Å². The zero-order valence-electron chi connectivity index (χ0n) is 14.4. The van der Waals surface area contributed by atoms with E-state index in [0.717, 1.165) is 5.56 Å². The first-order chi connectivity index (χ1) is 11.9. The summed E-state index contributed by atoms with van der Waals surface area (Å²) >= 11 is 5.94. The maximum absolute atomic E-state index is 13.0. The highest BCUT2D eigenvalue weighted by atomic mass is 35.5. The molecule has 5 nitrogen and oxygen atoms in total. The third kappa shape index (κ3) is 3.56. The average Bonchev–Trinajstić information content (AvgIpc) is 3.15. The highest BCUT2D eigenvalue weighted by Gasteiger charge is 2.36. The Bertz CT molecular complexity index is 745. The summed E-state index contributed by atoms with van der Waals surface area (Å²) in [5.41, 5.74) is 0.286. The fourth-order valence-corrected chi connectivity index (χ4v) is 3.18. The van der Waals surface area contributed by atoms with Gasteiger partial charge in [0.25, 0.3) is 5.91 Å². The first-order valence-corrected chi connectivity index (χ1v) is 8.65. The molecule has 3 rings (SSSR count). The third-order valence-corrected chi connectivity index (χ3v) is 4.94. The largest absolute Gasteiger partial charge is 0.459 e. The van der Waals surface area contributed by atoms with E-state index in [0.29, 0.717) is 37.0 Å². The Kier molecular flexibility index (Phi) is 4.86. The number of furan rings is 1. The van der Waals surface area contributed by atoms with Gasteiger partial charge in [-0.1, -0.05) is 23.7 Å². The second-order valence-electron chi connectivity index (χ2n) is 6.69. The van der Waals surface area contributed by atoms with E-state index in [1.165, 1.54) is 6.26 Å². The number of amides is 2. The molecule has 0 bridgehead atoms. The van der Waals surface area contributed by atoms with E-state index in [1.54, 1.807) is 29.2 Å². The molecular formula is C19H21ClN2O3. The Morgan fingerprint density at radius 1 is 1.00 bits per heavy atom. The Morgan fingerprint density at radius 2 is 1.60 bits per heavy atom. The molecule has 2 amide bonds. The molecule has 1 saturated heterocycles. The van der Waals surface area contributed by atoms with E-state index in [9.17, 15) is 9.59 Å². The molecule has 1 fully saturated rings. The van der Waals surface area contributed by atoms with E-state index >= 15 is 0 Å². The first-order valence-electron chi connectivity index (χ1n) is 8.28. The lowest BCUT2D eigenvalue weighted by Gasteiger charge is -2.38. The quantitative estimate of drug-likeness (QED) is 0.844. The maximum Gasteiger partial charge on any atom is 0.289 e.